The van der Waals surface area contributed by atoms with Gasteiger partial charge in [-0.1, -0.05) is 183 Å². The maximum absolute atomic E-state index is 11.6. The van der Waals surface area contributed by atoms with E-state index >= 15 is 0 Å². The predicted octanol–water partition coefficient (Wildman–Crippen LogP) is 21.3. The molecule has 12 aromatic rings. The molecule has 0 spiro atoms. The zero-order valence-corrected chi connectivity index (χ0v) is 89.0. The molecule has 0 bridgehead atoms. The number of ether oxygens (including phenoxy) is 3. The van der Waals surface area contributed by atoms with Crippen molar-refractivity contribution in [2.75, 3.05) is 19.8 Å². The average molecular weight is 2170 g/mol. The molecule has 696 valence electrons. The molecule has 0 saturated heterocycles. The molecule has 0 aliphatic rings. The Kier molecular flexibility index (Phi) is 57.5. The van der Waals surface area contributed by atoms with Gasteiger partial charge in [0.25, 0.3) is 0 Å². The number of aromatic carboxylic acids is 1. The number of aliphatic hydroxyl groups is 4. The molecule has 0 aliphatic carbocycles. The number of esters is 3. The number of aryl methyl sites for hydroxylation is 8. The molecule has 11 aromatic carbocycles. The van der Waals surface area contributed by atoms with Crippen LogP contribution in [0.15, 0.2) is 255 Å². The van der Waals surface area contributed by atoms with E-state index in [9.17, 15) is 19.2 Å². The minimum absolute atomic E-state index is 0. The van der Waals surface area contributed by atoms with Gasteiger partial charge < -0.3 is 50.2 Å². The number of benzene rings is 11. The Balaban J connectivity index is 0.000000777. The fraction of sp³-hybridized carbons (Fsp3) is 0.245. The number of carbonyl (C=O) groups is 4. The summed E-state index contributed by atoms with van der Waals surface area (Å²) >= 11 is 16.9. The van der Waals surface area contributed by atoms with Crippen molar-refractivity contribution in [2.45, 2.75) is 160 Å². The molecule has 0 unspecified atom stereocenters. The molecule has 0 amide bonds. The Morgan fingerprint density at radius 3 is 0.985 bits per heavy atom. The van der Waals surface area contributed by atoms with Gasteiger partial charge in [-0.3, -0.25) is 0 Å². The van der Waals surface area contributed by atoms with Crippen molar-refractivity contribution in [3.05, 3.63) is 400 Å². The topological polar surface area (TPSA) is 224 Å². The fourth-order valence-corrected chi connectivity index (χ4v) is 14.3. The van der Waals surface area contributed by atoms with Crippen LogP contribution in [0.5, 0.6) is 0 Å². The third kappa shape index (κ3) is 46.5. The van der Waals surface area contributed by atoms with Crippen molar-refractivity contribution < 1.29 is 83.6 Å². The molecule has 5 N–H and O–H groups in total. The van der Waals surface area contributed by atoms with E-state index in [1.807, 2.05) is 155 Å². The van der Waals surface area contributed by atoms with Crippen LogP contribution in [0.3, 0.4) is 0 Å². The molecule has 0 radical (unpaired) electrons. The van der Waals surface area contributed by atoms with Gasteiger partial charge in [0.15, 0.2) is 25.7 Å². The quantitative estimate of drug-likeness (QED) is 0.0188. The number of carboxylic acid groups (broad SMARTS) is 1. The Morgan fingerprint density at radius 2 is 0.687 bits per heavy atom. The van der Waals surface area contributed by atoms with Gasteiger partial charge in [0.1, 0.15) is 8.07 Å². The second kappa shape index (κ2) is 64.2. The number of carboxylic acids is 1. The van der Waals surface area contributed by atoms with E-state index in [2.05, 4.69) is 234 Å². The zero-order valence-electron chi connectivity index (χ0n) is 80.0. The molecule has 0 aliphatic heterocycles. The van der Waals surface area contributed by atoms with Crippen LogP contribution in [0.1, 0.15) is 186 Å². The number of aromatic nitrogens is 2. The number of imidazole rings is 1. The summed E-state index contributed by atoms with van der Waals surface area (Å²) in [7, 11) is -2.49. The van der Waals surface area contributed by atoms with Crippen LogP contribution in [0.2, 0.25) is 39.3 Å². The molecule has 134 heavy (non-hydrogen) atoms. The van der Waals surface area contributed by atoms with Crippen molar-refractivity contribution in [3.63, 3.8) is 0 Å². The van der Waals surface area contributed by atoms with E-state index in [0.717, 1.165) is 125 Å². The molecule has 15 nitrogen and oxygen atoms in total. The fourth-order valence-electron chi connectivity index (χ4n) is 11.2. The van der Waals surface area contributed by atoms with Gasteiger partial charge in [-0.05, 0) is 355 Å². The number of nitrogens with zero attached hydrogens (tertiary/aromatic N) is 2. The molecule has 1 heterocycles. The molecule has 1 aromatic heterocycles. The summed E-state index contributed by atoms with van der Waals surface area (Å²) < 4.78 is 26.9. The number of carbonyl (C=O) groups excluding carboxylic acids is 3. The van der Waals surface area contributed by atoms with Crippen molar-refractivity contribution in [1.29, 1.82) is 0 Å². The van der Waals surface area contributed by atoms with Crippen LogP contribution < -0.4 is 18.9 Å². The van der Waals surface area contributed by atoms with Crippen LogP contribution in [-0.4, -0.2) is 113 Å². The molecular weight excluding hydrogens is 2050 g/mol. The van der Waals surface area contributed by atoms with Gasteiger partial charge in [0.2, 0.25) is 0 Å². The van der Waals surface area contributed by atoms with Gasteiger partial charge in [-0.2, -0.15) is 0 Å². The molecule has 0 fully saturated rings. The third-order valence-corrected chi connectivity index (χ3v) is 23.4. The second-order valence-corrected chi connectivity index (χ2v) is 45.2. The zero-order chi connectivity index (χ0) is 98.0. The van der Waals surface area contributed by atoms with E-state index in [-0.39, 0.29) is 87.5 Å². The normalized spacial score (nSPS) is 9.88. The third-order valence-electron chi connectivity index (χ3n) is 18.9. The first-order chi connectivity index (χ1) is 62.7. The van der Waals surface area contributed by atoms with Crippen LogP contribution in [0.25, 0.3) is 0 Å². The van der Waals surface area contributed by atoms with E-state index in [4.69, 9.17) is 57.0 Å². The summed E-state index contributed by atoms with van der Waals surface area (Å²) in [5.41, 5.74) is 27.4. The summed E-state index contributed by atoms with van der Waals surface area (Å²) in [5, 5.41) is 45.3. The number of halogens is 5. The first-order valence-electron chi connectivity index (χ1n) is 42.3. The van der Waals surface area contributed by atoms with Crippen LogP contribution in [0.4, 0.5) is 0 Å². The Morgan fingerprint density at radius 1 is 0.396 bits per heavy atom. The maximum atomic E-state index is 11.6. The number of alkyl halides is 1. The number of rotatable bonds is 17. The number of hydrogen-bond donors (Lipinski definition) is 5. The Labute approximate surface area is 862 Å². The summed E-state index contributed by atoms with van der Waals surface area (Å²) in [6.07, 6.45) is 15.8. The van der Waals surface area contributed by atoms with Gasteiger partial charge >= 0.3 is 42.7 Å². The number of terminal acetylenes is 2. The molecular formula is C110H121AlBr5LiN2O13Si2. The SMILES string of the molecule is C#C[Si](C)(C)C.C#Cc1ccc(CO)c(C)c1.CCOC(=O)c1ccc(Br)cc1C.CCOC(=O)c1ccc(C#Cc2ccc(CBr)c(C)c2)cc1.CCOC(=O)c1ccc(C#Cc2ccc(CO)c(C)c2)cc1.Cc1cc(Br)ccc1CO.Cc1cc(Br)ccc1CO.Cc1cc(Br)ccc1CO[Si](C)(C)C.Cc1cc(C#Cc2ccc(C(=O)O)cc2)ccc1Cn1ccnc1.[AlH3].[H-].[Li+]. The predicted molar refractivity (Wildman–Crippen MR) is 569 cm³/mol. The van der Waals surface area contributed by atoms with Crippen LogP contribution in [-0.2, 0) is 63.5 Å². The minimum Gasteiger partial charge on any atom is -1.00 e. The monoisotopic (exact) mass is 2160 g/mol. The van der Waals surface area contributed by atoms with E-state index in [0.29, 0.717) is 36.5 Å². The summed E-state index contributed by atoms with van der Waals surface area (Å²) in [6, 6.07) is 67.8. The number of aliphatic hydroxyl groups excluding tert-OH is 4. The Hall–Kier alpha value is -9.93. The first-order valence-corrected chi connectivity index (χ1v) is 53.5. The van der Waals surface area contributed by atoms with Gasteiger partial charge in [-0.25, -0.2) is 24.2 Å². The summed E-state index contributed by atoms with van der Waals surface area (Å²) in [6.45, 7) is 37.5. The first kappa shape index (κ1) is 120. The van der Waals surface area contributed by atoms with Gasteiger partial charge in [-0.15, -0.1) is 18.4 Å². The van der Waals surface area contributed by atoms with E-state index in [1.165, 1.54) is 33.4 Å². The standard InChI is InChI=1S/C20H16N2O2.C19H17BrO2.C19H18O3.C11H17BrOSi.C10H11BrO2.C10H10O.2C8H9BrO.C5H10Si.Al.Li.4H/c1-15-12-17(6-9-19(15)13-22-11-10-21-14-22)3-2-16-4-7-18(8-5-16)20(23)24;2*1-3-22-19(21)17-9-6-15(7-10-17)4-5-16-8-11-18(13-20)14(2)12-16;1-9-7-11(12)6-5-10(9)8-13-14(2,3)4;1-3-13-10(12)9-5-4-8(11)6-7(9)2;1-3-9-4-5-10(7-11)8(2)6-9;2*1-6-4-8(9)3-2-7(6)5-10;1-5-6(2,3)4;;;;;;/h4-12,14H,13H2,1H3,(H,23,24);6-12H,3,13H2,1-2H3;6-12,20H,3,13H2,1-2H3;5-7H,8H2,1-4H3;4-6H,3H2,1-2H3;1,4-6,11H,7H2,2H3;2*2-4,10H,5H2,1H3;1H,2-4H3;;;;;;/q;;;;;;;;;;+1;;;;-1. The second-order valence-electron chi connectivity index (χ2n) is 31.6. The molecule has 0 atom stereocenters. The maximum Gasteiger partial charge on any atom is 1.00 e. The van der Waals surface area contributed by atoms with Crippen molar-refractivity contribution in [2.24, 2.45) is 0 Å². The smallest absolute Gasteiger partial charge is 1.00 e. The van der Waals surface area contributed by atoms with Crippen LogP contribution >= 0.6 is 79.6 Å². The molecule has 24 heteroatoms. The van der Waals surface area contributed by atoms with Crippen molar-refractivity contribution in [3.8, 4) is 59.8 Å². The summed E-state index contributed by atoms with van der Waals surface area (Å²) in [4.78, 5) is 49.3. The molecule has 12 rings (SSSR count). The average Bonchev–Trinajstić information content (AvgIpc) is 1.75. The van der Waals surface area contributed by atoms with Crippen molar-refractivity contribution >= 4 is 137 Å². The van der Waals surface area contributed by atoms with Gasteiger partial charge in [0.05, 0.1) is 81.4 Å². The Bertz CT molecular complexity index is 5880. The van der Waals surface area contributed by atoms with Crippen LogP contribution in [0, 0.1) is 115 Å². The van der Waals surface area contributed by atoms with Gasteiger partial charge in [0, 0.05) is 81.1 Å². The number of hydrogen-bond acceptors (Lipinski definition) is 13. The summed E-state index contributed by atoms with van der Waals surface area (Å²) in [5.74, 6) is 19.3. The minimum atomic E-state index is -1.39. The molecule has 0 saturated carbocycles. The largest absolute Gasteiger partial charge is 1.00 e. The van der Waals surface area contributed by atoms with E-state index < -0.39 is 22.4 Å². The van der Waals surface area contributed by atoms with E-state index in [1.54, 1.807) is 100 Å². The van der Waals surface area contributed by atoms with Crippen molar-refractivity contribution in [1.82, 2.24) is 9.55 Å².